The van der Waals surface area contributed by atoms with Gasteiger partial charge in [-0.15, -0.1) is 0 Å². The Labute approximate surface area is 113 Å². The molecule has 1 saturated heterocycles. The molecule has 4 nitrogen and oxygen atoms in total. The molecule has 102 valence electrons. The number of nitrogens with one attached hydrogen (secondary N) is 1. The van der Waals surface area contributed by atoms with E-state index in [4.69, 9.17) is 0 Å². The minimum Gasteiger partial charge on any atom is -0.311 e. The fraction of sp³-hybridized carbons (Fsp3) is 0.467. The van der Waals surface area contributed by atoms with Gasteiger partial charge in [-0.2, -0.15) is 0 Å². The molecule has 1 unspecified atom stereocenters. The van der Waals surface area contributed by atoms with E-state index in [9.17, 15) is 10.1 Å². The summed E-state index contributed by atoms with van der Waals surface area (Å²) < 4.78 is 0. The Morgan fingerprint density at radius 2 is 2.32 bits per heavy atom. The zero-order chi connectivity index (χ0) is 13.7. The Balaban J connectivity index is 2.26. The Morgan fingerprint density at radius 3 is 2.95 bits per heavy atom. The lowest BCUT2D eigenvalue weighted by atomic mass is 9.99. The van der Waals surface area contributed by atoms with Crippen LogP contribution in [0.5, 0.6) is 0 Å². The molecule has 1 fully saturated rings. The fourth-order valence-corrected chi connectivity index (χ4v) is 2.51. The minimum atomic E-state index is -0.298. The Kier molecular flexibility index (Phi) is 4.68. The highest BCUT2D eigenvalue weighted by atomic mass is 16.6. The Bertz CT molecular complexity index is 477. The summed E-state index contributed by atoms with van der Waals surface area (Å²) in [6.45, 7) is 3.06. The van der Waals surface area contributed by atoms with Gasteiger partial charge in [0.1, 0.15) is 0 Å². The van der Waals surface area contributed by atoms with Gasteiger partial charge in [-0.05, 0) is 31.4 Å². The van der Waals surface area contributed by atoms with Crippen LogP contribution in [0.2, 0.25) is 0 Å². The topological polar surface area (TPSA) is 55.2 Å². The highest BCUT2D eigenvalue weighted by Gasteiger charge is 2.15. The number of nitro groups is 1. The Hall–Kier alpha value is -1.68. The Morgan fingerprint density at radius 1 is 1.47 bits per heavy atom. The smallest absolute Gasteiger partial charge is 0.276 e. The number of benzene rings is 1. The summed E-state index contributed by atoms with van der Waals surface area (Å²) >= 11 is 0. The number of hydrogen-bond acceptors (Lipinski definition) is 3. The van der Waals surface area contributed by atoms with Gasteiger partial charge in [-0.25, -0.2) is 0 Å². The van der Waals surface area contributed by atoms with Gasteiger partial charge in [0.25, 0.3) is 5.69 Å². The standard InChI is InChI=1S/C15H20N2O2/c1-2-12-6-5-8-15(17(18)19)14(12)10-9-13-7-3-4-11-16-13/h5-6,8-10,13,16H,2-4,7,11H2,1H3. The lowest BCUT2D eigenvalue weighted by Gasteiger charge is -2.20. The minimum absolute atomic E-state index is 0.200. The number of hydrogen-bond donors (Lipinski definition) is 1. The van der Waals surface area contributed by atoms with Crippen molar-refractivity contribution in [3.8, 4) is 0 Å². The molecule has 0 radical (unpaired) electrons. The fourth-order valence-electron chi connectivity index (χ4n) is 2.51. The normalized spacial score (nSPS) is 19.7. The first-order chi connectivity index (χ1) is 9.22. The molecule has 1 N–H and O–H groups in total. The van der Waals surface area contributed by atoms with Crippen molar-refractivity contribution in [2.75, 3.05) is 6.54 Å². The van der Waals surface area contributed by atoms with Crippen molar-refractivity contribution in [1.29, 1.82) is 0 Å². The molecular formula is C15H20N2O2. The van der Waals surface area contributed by atoms with E-state index < -0.39 is 0 Å². The maximum Gasteiger partial charge on any atom is 0.276 e. The van der Waals surface area contributed by atoms with Crippen LogP contribution in [0.25, 0.3) is 6.08 Å². The van der Waals surface area contributed by atoms with E-state index >= 15 is 0 Å². The van der Waals surface area contributed by atoms with E-state index in [1.807, 2.05) is 19.1 Å². The predicted molar refractivity (Wildman–Crippen MR) is 77.2 cm³/mol. The molecule has 0 aromatic heterocycles. The monoisotopic (exact) mass is 260 g/mol. The summed E-state index contributed by atoms with van der Waals surface area (Å²) in [4.78, 5) is 10.8. The lowest BCUT2D eigenvalue weighted by Crippen LogP contribution is -2.32. The van der Waals surface area contributed by atoms with Gasteiger partial charge in [0, 0.05) is 12.1 Å². The van der Waals surface area contributed by atoms with Gasteiger partial charge in [-0.1, -0.05) is 37.6 Å². The molecule has 1 heterocycles. The average molecular weight is 260 g/mol. The first kappa shape index (κ1) is 13.7. The zero-order valence-electron chi connectivity index (χ0n) is 11.3. The summed E-state index contributed by atoms with van der Waals surface area (Å²) in [5.41, 5.74) is 1.98. The molecule has 0 spiro atoms. The molecule has 1 aliphatic rings. The molecule has 1 aromatic carbocycles. The summed E-state index contributed by atoms with van der Waals surface area (Å²) in [7, 11) is 0. The molecular weight excluding hydrogens is 240 g/mol. The zero-order valence-corrected chi connectivity index (χ0v) is 11.3. The van der Waals surface area contributed by atoms with Crippen molar-refractivity contribution in [2.24, 2.45) is 0 Å². The molecule has 1 atom stereocenters. The van der Waals surface area contributed by atoms with Crippen LogP contribution in [0, 0.1) is 10.1 Å². The van der Waals surface area contributed by atoms with Crippen LogP contribution in [0.4, 0.5) is 5.69 Å². The predicted octanol–water partition coefficient (Wildman–Crippen LogP) is 3.31. The summed E-state index contributed by atoms with van der Waals surface area (Å²) in [6.07, 6.45) is 8.34. The van der Waals surface area contributed by atoms with Crippen LogP contribution in [0.1, 0.15) is 37.3 Å². The molecule has 0 aliphatic carbocycles. The quantitative estimate of drug-likeness (QED) is 0.667. The number of piperidine rings is 1. The maximum absolute atomic E-state index is 11.1. The lowest BCUT2D eigenvalue weighted by molar-refractivity contribution is -0.385. The van der Waals surface area contributed by atoms with Crippen LogP contribution in [-0.2, 0) is 6.42 Å². The maximum atomic E-state index is 11.1. The number of nitrogens with zero attached hydrogens (tertiary/aromatic N) is 1. The second-order valence-electron chi connectivity index (χ2n) is 4.88. The molecule has 4 heteroatoms. The first-order valence-corrected chi connectivity index (χ1v) is 6.90. The molecule has 1 aromatic rings. The van der Waals surface area contributed by atoms with Crippen molar-refractivity contribution in [3.05, 3.63) is 45.5 Å². The van der Waals surface area contributed by atoms with Crippen molar-refractivity contribution in [3.63, 3.8) is 0 Å². The SMILES string of the molecule is CCc1cccc([N+](=O)[O-])c1C=CC1CCCCN1. The van der Waals surface area contributed by atoms with Gasteiger partial charge in [0.15, 0.2) is 0 Å². The second-order valence-corrected chi connectivity index (χ2v) is 4.88. The van der Waals surface area contributed by atoms with Crippen LogP contribution in [0.3, 0.4) is 0 Å². The third-order valence-corrected chi connectivity index (χ3v) is 3.59. The van der Waals surface area contributed by atoms with E-state index in [0.717, 1.165) is 30.5 Å². The van der Waals surface area contributed by atoms with Crippen LogP contribution >= 0.6 is 0 Å². The molecule has 1 aliphatic heterocycles. The third-order valence-electron chi connectivity index (χ3n) is 3.59. The van der Waals surface area contributed by atoms with Gasteiger partial charge in [-0.3, -0.25) is 10.1 Å². The van der Waals surface area contributed by atoms with E-state index in [1.54, 1.807) is 12.1 Å². The second kappa shape index (κ2) is 6.48. The van der Waals surface area contributed by atoms with Crippen LogP contribution in [0.15, 0.2) is 24.3 Å². The van der Waals surface area contributed by atoms with Gasteiger partial charge < -0.3 is 5.32 Å². The van der Waals surface area contributed by atoms with E-state index in [2.05, 4.69) is 11.4 Å². The van der Waals surface area contributed by atoms with Crippen molar-refractivity contribution in [2.45, 2.75) is 38.6 Å². The number of rotatable bonds is 4. The van der Waals surface area contributed by atoms with E-state index in [-0.39, 0.29) is 10.6 Å². The third kappa shape index (κ3) is 3.41. The van der Waals surface area contributed by atoms with Crippen LogP contribution in [-0.4, -0.2) is 17.5 Å². The van der Waals surface area contributed by atoms with Crippen LogP contribution < -0.4 is 5.32 Å². The van der Waals surface area contributed by atoms with Gasteiger partial charge in [0.05, 0.1) is 10.5 Å². The molecule has 0 saturated carbocycles. The van der Waals surface area contributed by atoms with Crippen molar-refractivity contribution >= 4 is 11.8 Å². The largest absolute Gasteiger partial charge is 0.311 e. The molecule has 0 bridgehead atoms. The number of nitro benzene ring substituents is 1. The number of aryl methyl sites for hydroxylation is 1. The molecule has 2 rings (SSSR count). The average Bonchev–Trinajstić information content (AvgIpc) is 2.45. The van der Waals surface area contributed by atoms with Gasteiger partial charge >= 0.3 is 0 Å². The van der Waals surface area contributed by atoms with Gasteiger partial charge in [0.2, 0.25) is 0 Å². The summed E-state index contributed by atoms with van der Waals surface area (Å²) in [6, 6.07) is 5.64. The van der Waals surface area contributed by atoms with E-state index in [1.165, 1.54) is 12.8 Å². The highest BCUT2D eigenvalue weighted by Crippen LogP contribution is 2.25. The first-order valence-electron chi connectivity index (χ1n) is 6.90. The van der Waals surface area contributed by atoms with Crippen molar-refractivity contribution < 1.29 is 4.92 Å². The summed E-state index contributed by atoms with van der Waals surface area (Å²) in [5.74, 6) is 0. The molecule has 19 heavy (non-hydrogen) atoms. The summed E-state index contributed by atoms with van der Waals surface area (Å²) in [5, 5.41) is 14.5. The molecule has 0 amide bonds. The van der Waals surface area contributed by atoms with E-state index in [0.29, 0.717) is 6.04 Å². The van der Waals surface area contributed by atoms with Crippen molar-refractivity contribution in [1.82, 2.24) is 5.32 Å². The highest BCUT2D eigenvalue weighted by molar-refractivity contribution is 5.65.